The molecule has 1 fully saturated rings. The van der Waals surface area contributed by atoms with Crippen molar-refractivity contribution in [2.24, 2.45) is 5.92 Å². The summed E-state index contributed by atoms with van der Waals surface area (Å²) in [6, 6.07) is 5.35. The van der Waals surface area contributed by atoms with Crippen molar-refractivity contribution in [2.45, 2.75) is 20.3 Å². The number of nitrogens with zero attached hydrogens (tertiary/aromatic N) is 3. The summed E-state index contributed by atoms with van der Waals surface area (Å²) >= 11 is 0. The zero-order valence-electron chi connectivity index (χ0n) is 16.3. The van der Waals surface area contributed by atoms with Gasteiger partial charge in [0.25, 0.3) is 5.56 Å². The number of methoxy groups -OCH3 is 1. The fraction of sp³-hybridized carbons (Fsp3) is 0.381. The number of ether oxygens (including phenoxy) is 1. The SMILES string of the molecule is COC[C@H]1CCN(c2cc3c(=O)[nH]cnc3c(-c3c(C)ccc(O)c3C)n2)C1. The second-order valence-electron chi connectivity index (χ2n) is 7.41. The Hall–Kier alpha value is -2.93. The molecule has 7 nitrogen and oxygen atoms in total. The lowest BCUT2D eigenvalue weighted by molar-refractivity contribution is 0.161. The van der Waals surface area contributed by atoms with Crippen molar-refractivity contribution in [3.05, 3.63) is 46.0 Å². The molecule has 28 heavy (non-hydrogen) atoms. The first kappa shape index (κ1) is 18.4. The van der Waals surface area contributed by atoms with E-state index in [4.69, 9.17) is 9.72 Å². The molecule has 1 atom stereocenters. The van der Waals surface area contributed by atoms with Crippen LogP contribution in [0, 0.1) is 19.8 Å². The van der Waals surface area contributed by atoms with Crippen LogP contribution in [0.2, 0.25) is 0 Å². The van der Waals surface area contributed by atoms with Gasteiger partial charge in [0.1, 0.15) is 17.1 Å². The molecule has 0 aliphatic carbocycles. The summed E-state index contributed by atoms with van der Waals surface area (Å²) in [7, 11) is 1.72. The molecule has 0 amide bonds. The second-order valence-corrected chi connectivity index (χ2v) is 7.41. The Morgan fingerprint density at radius 2 is 2.18 bits per heavy atom. The van der Waals surface area contributed by atoms with Crippen LogP contribution in [0.1, 0.15) is 17.5 Å². The molecule has 4 rings (SSSR count). The van der Waals surface area contributed by atoms with E-state index in [1.54, 1.807) is 13.2 Å². The molecule has 3 heterocycles. The van der Waals surface area contributed by atoms with Gasteiger partial charge in [0.2, 0.25) is 0 Å². The van der Waals surface area contributed by atoms with Gasteiger partial charge in [-0.3, -0.25) is 4.79 Å². The number of aromatic hydroxyl groups is 1. The Morgan fingerprint density at radius 3 is 2.96 bits per heavy atom. The molecule has 146 valence electrons. The average Bonchev–Trinajstić information content (AvgIpc) is 3.14. The fourth-order valence-corrected chi connectivity index (χ4v) is 4.01. The number of hydrogen-bond acceptors (Lipinski definition) is 6. The van der Waals surface area contributed by atoms with E-state index in [-0.39, 0.29) is 11.3 Å². The lowest BCUT2D eigenvalue weighted by Gasteiger charge is -2.20. The first-order chi connectivity index (χ1) is 13.5. The predicted molar refractivity (Wildman–Crippen MR) is 109 cm³/mol. The number of pyridine rings is 1. The highest BCUT2D eigenvalue weighted by molar-refractivity contribution is 5.94. The highest BCUT2D eigenvalue weighted by atomic mass is 16.5. The van der Waals surface area contributed by atoms with Gasteiger partial charge >= 0.3 is 0 Å². The van der Waals surface area contributed by atoms with Gasteiger partial charge in [0.05, 0.1) is 24.0 Å². The lowest BCUT2D eigenvalue weighted by atomic mass is 9.97. The largest absolute Gasteiger partial charge is 0.508 e. The monoisotopic (exact) mass is 380 g/mol. The van der Waals surface area contributed by atoms with E-state index in [0.717, 1.165) is 42.0 Å². The molecule has 1 saturated heterocycles. The minimum absolute atomic E-state index is 0.196. The summed E-state index contributed by atoms with van der Waals surface area (Å²) in [6.45, 7) is 6.24. The number of rotatable bonds is 4. The summed E-state index contributed by atoms with van der Waals surface area (Å²) in [6.07, 6.45) is 2.42. The van der Waals surface area contributed by atoms with E-state index in [2.05, 4.69) is 14.9 Å². The third-order valence-electron chi connectivity index (χ3n) is 5.51. The number of benzene rings is 1. The van der Waals surface area contributed by atoms with Crippen molar-refractivity contribution < 1.29 is 9.84 Å². The second kappa shape index (κ2) is 7.24. The number of fused-ring (bicyclic) bond motifs is 1. The number of phenols is 1. The maximum atomic E-state index is 12.5. The van der Waals surface area contributed by atoms with Crippen LogP contribution in [0.15, 0.2) is 29.3 Å². The van der Waals surface area contributed by atoms with E-state index in [0.29, 0.717) is 29.1 Å². The van der Waals surface area contributed by atoms with Gasteiger partial charge in [-0.2, -0.15) is 0 Å². The minimum atomic E-state index is -0.196. The number of phenolic OH excluding ortho intramolecular Hbond substituents is 1. The van der Waals surface area contributed by atoms with Crippen molar-refractivity contribution in [2.75, 3.05) is 31.7 Å². The van der Waals surface area contributed by atoms with E-state index >= 15 is 0 Å². The van der Waals surface area contributed by atoms with Crippen LogP contribution in [-0.4, -0.2) is 46.9 Å². The highest BCUT2D eigenvalue weighted by Crippen LogP contribution is 2.36. The third kappa shape index (κ3) is 3.11. The zero-order chi connectivity index (χ0) is 19.8. The first-order valence-corrected chi connectivity index (χ1v) is 9.41. The van der Waals surface area contributed by atoms with Gasteiger partial charge in [0, 0.05) is 37.2 Å². The zero-order valence-corrected chi connectivity index (χ0v) is 16.3. The minimum Gasteiger partial charge on any atom is -0.508 e. The van der Waals surface area contributed by atoms with Crippen LogP contribution in [0.25, 0.3) is 22.2 Å². The molecule has 0 radical (unpaired) electrons. The van der Waals surface area contributed by atoms with Crippen LogP contribution in [-0.2, 0) is 4.74 Å². The quantitative estimate of drug-likeness (QED) is 0.723. The summed E-state index contributed by atoms with van der Waals surface area (Å²) < 4.78 is 5.30. The molecule has 3 aromatic rings. The van der Waals surface area contributed by atoms with Crippen LogP contribution >= 0.6 is 0 Å². The number of aromatic nitrogens is 3. The summed E-state index contributed by atoms with van der Waals surface area (Å²) in [5.74, 6) is 1.40. The average molecular weight is 380 g/mol. The standard InChI is InChI=1S/C21H24N4O3/c1-12-4-5-16(26)13(2)18(12)20-19-15(21(27)23-11-22-19)8-17(24-20)25-7-6-14(9-25)10-28-3/h4-5,8,11,14,26H,6-7,9-10H2,1-3H3,(H,22,23,27)/t14-/m0/s1. The first-order valence-electron chi connectivity index (χ1n) is 9.41. The predicted octanol–water partition coefficient (Wildman–Crippen LogP) is 2.78. The molecule has 0 spiro atoms. The molecule has 0 saturated carbocycles. The van der Waals surface area contributed by atoms with Gasteiger partial charge in [-0.05, 0) is 38.0 Å². The Morgan fingerprint density at radius 1 is 1.36 bits per heavy atom. The summed E-state index contributed by atoms with van der Waals surface area (Å²) in [5, 5.41) is 10.7. The number of aryl methyl sites for hydroxylation is 1. The number of anilines is 1. The van der Waals surface area contributed by atoms with Crippen molar-refractivity contribution in [3.8, 4) is 17.0 Å². The summed E-state index contributed by atoms with van der Waals surface area (Å²) in [4.78, 5) is 26.7. The maximum Gasteiger partial charge on any atom is 0.258 e. The van der Waals surface area contributed by atoms with E-state index in [9.17, 15) is 9.90 Å². The number of H-pyrrole nitrogens is 1. The Labute approximate surface area is 163 Å². The van der Waals surface area contributed by atoms with E-state index in [1.807, 2.05) is 26.0 Å². The third-order valence-corrected chi connectivity index (χ3v) is 5.51. The van der Waals surface area contributed by atoms with Crippen LogP contribution < -0.4 is 10.5 Å². The normalized spacial score (nSPS) is 16.8. The van der Waals surface area contributed by atoms with Crippen LogP contribution in [0.3, 0.4) is 0 Å². The maximum absolute atomic E-state index is 12.5. The molecule has 1 aromatic carbocycles. The van der Waals surface area contributed by atoms with Crippen molar-refractivity contribution in [3.63, 3.8) is 0 Å². The smallest absolute Gasteiger partial charge is 0.258 e. The molecular weight excluding hydrogens is 356 g/mol. The van der Waals surface area contributed by atoms with E-state index in [1.165, 1.54) is 6.33 Å². The van der Waals surface area contributed by atoms with Crippen molar-refractivity contribution in [1.29, 1.82) is 0 Å². The summed E-state index contributed by atoms with van der Waals surface area (Å²) in [5.41, 5.74) is 3.49. The molecule has 0 unspecified atom stereocenters. The molecule has 0 bridgehead atoms. The number of aromatic amines is 1. The van der Waals surface area contributed by atoms with E-state index < -0.39 is 0 Å². The van der Waals surface area contributed by atoms with Gasteiger partial charge in [0.15, 0.2) is 0 Å². The molecular formula is C21H24N4O3. The van der Waals surface area contributed by atoms with Crippen molar-refractivity contribution >= 4 is 16.7 Å². The van der Waals surface area contributed by atoms with Crippen LogP contribution in [0.5, 0.6) is 5.75 Å². The molecule has 7 heteroatoms. The molecule has 1 aliphatic heterocycles. The van der Waals surface area contributed by atoms with Gasteiger partial charge in [-0.1, -0.05) is 6.07 Å². The van der Waals surface area contributed by atoms with Gasteiger partial charge in [-0.25, -0.2) is 9.97 Å². The Bertz CT molecular complexity index is 1090. The molecule has 2 N–H and O–H groups in total. The highest BCUT2D eigenvalue weighted by Gasteiger charge is 2.25. The topological polar surface area (TPSA) is 91.3 Å². The van der Waals surface area contributed by atoms with Crippen molar-refractivity contribution in [1.82, 2.24) is 15.0 Å². The van der Waals surface area contributed by atoms with Gasteiger partial charge in [-0.15, -0.1) is 0 Å². The molecule has 1 aliphatic rings. The lowest BCUT2D eigenvalue weighted by Crippen LogP contribution is -2.23. The fourth-order valence-electron chi connectivity index (χ4n) is 4.01. The number of hydrogen-bond donors (Lipinski definition) is 2. The molecule has 2 aromatic heterocycles. The van der Waals surface area contributed by atoms with Gasteiger partial charge < -0.3 is 19.7 Å². The van der Waals surface area contributed by atoms with Crippen LogP contribution in [0.4, 0.5) is 5.82 Å². The Kier molecular flexibility index (Phi) is 4.77. The number of nitrogens with one attached hydrogen (secondary N) is 1. The Balaban J connectivity index is 1.93.